The first kappa shape index (κ1) is 11.9. The minimum Gasteiger partial charge on any atom is -0.481 e. The molecule has 1 saturated heterocycles. The Labute approximate surface area is 89.9 Å². The van der Waals surface area contributed by atoms with Crippen LogP contribution in [0.3, 0.4) is 0 Å². The maximum atomic E-state index is 11.0. The number of carboxylic acids is 1. The van der Waals surface area contributed by atoms with Gasteiger partial charge in [-0.05, 0) is 31.7 Å². The Morgan fingerprint density at radius 3 is 2.86 bits per heavy atom. The number of carboxylic acid groups (broad SMARTS) is 1. The zero-order valence-electron chi connectivity index (χ0n) is 8.90. The molecule has 0 saturated carbocycles. The number of carbonyl (C=O) groups is 1. The molecule has 2 unspecified atom stereocenters. The molecule has 0 aromatic carbocycles. The molecule has 0 aromatic heterocycles. The predicted octanol–water partition coefficient (Wildman–Crippen LogP) is 1.39. The molecule has 1 aliphatic heterocycles. The molecule has 1 heterocycles. The van der Waals surface area contributed by atoms with Gasteiger partial charge in [-0.2, -0.15) is 11.8 Å². The standard InChI is InChI=1S/C10H19NO2S/c1-3-11-5-4-8(6-11)9(7-14-2)10(12)13/h8-9H,3-7H2,1-2H3,(H,12,13). The van der Waals surface area contributed by atoms with E-state index >= 15 is 0 Å². The lowest BCUT2D eigenvalue weighted by Gasteiger charge is -2.19. The lowest BCUT2D eigenvalue weighted by atomic mass is 9.93. The van der Waals surface area contributed by atoms with Gasteiger partial charge in [0.05, 0.1) is 5.92 Å². The Morgan fingerprint density at radius 1 is 1.71 bits per heavy atom. The zero-order valence-corrected chi connectivity index (χ0v) is 9.72. The molecule has 1 N–H and O–H groups in total. The number of nitrogens with zero attached hydrogens (tertiary/aromatic N) is 1. The topological polar surface area (TPSA) is 40.5 Å². The highest BCUT2D eigenvalue weighted by atomic mass is 32.2. The number of hydrogen-bond acceptors (Lipinski definition) is 3. The minimum atomic E-state index is -0.623. The Bertz CT molecular complexity index is 199. The van der Waals surface area contributed by atoms with Gasteiger partial charge in [-0.15, -0.1) is 0 Å². The van der Waals surface area contributed by atoms with Crippen LogP contribution in [0.5, 0.6) is 0 Å². The second-order valence-corrected chi connectivity index (χ2v) is 4.75. The van der Waals surface area contributed by atoms with Crippen molar-refractivity contribution in [2.75, 3.05) is 31.6 Å². The van der Waals surface area contributed by atoms with Crippen LogP contribution in [0.1, 0.15) is 13.3 Å². The van der Waals surface area contributed by atoms with E-state index in [0.717, 1.165) is 31.8 Å². The summed E-state index contributed by atoms with van der Waals surface area (Å²) >= 11 is 1.63. The molecule has 3 nitrogen and oxygen atoms in total. The highest BCUT2D eigenvalue weighted by molar-refractivity contribution is 7.98. The third-order valence-electron chi connectivity index (χ3n) is 2.99. The number of rotatable bonds is 5. The van der Waals surface area contributed by atoms with Crippen molar-refractivity contribution in [2.45, 2.75) is 13.3 Å². The molecule has 1 aliphatic rings. The van der Waals surface area contributed by atoms with Crippen LogP contribution in [0.25, 0.3) is 0 Å². The number of thioether (sulfide) groups is 1. The van der Waals surface area contributed by atoms with Gasteiger partial charge < -0.3 is 10.0 Å². The number of hydrogen-bond donors (Lipinski definition) is 1. The maximum Gasteiger partial charge on any atom is 0.307 e. The molecule has 1 fully saturated rings. The van der Waals surface area contributed by atoms with Gasteiger partial charge >= 0.3 is 5.97 Å². The lowest BCUT2D eigenvalue weighted by molar-refractivity contribution is -0.142. The maximum absolute atomic E-state index is 11.0. The smallest absolute Gasteiger partial charge is 0.307 e. The van der Waals surface area contributed by atoms with E-state index < -0.39 is 5.97 Å². The fourth-order valence-electron chi connectivity index (χ4n) is 2.07. The Morgan fingerprint density at radius 2 is 2.43 bits per heavy atom. The molecule has 1 rings (SSSR count). The zero-order chi connectivity index (χ0) is 10.6. The van der Waals surface area contributed by atoms with Crippen molar-refractivity contribution in [3.05, 3.63) is 0 Å². The van der Waals surface area contributed by atoms with Gasteiger partial charge in [0.1, 0.15) is 0 Å². The van der Waals surface area contributed by atoms with Crippen LogP contribution < -0.4 is 0 Å². The van der Waals surface area contributed by atoms with Crippen LogP contribution in [-0.2, 0) is 4.79 Å². The van der Waals surface area contributed by atoms with E-state index in [0.29, 0.717) is 5.92 Å². The van der Waals surface area contributed by atoms with E-state index in [4.69, 9.17) is 5.11 Å². The van der Waals surface area contributed by atoms with Crippen molar-refractivity contribution >= 4 is 17.7 Å². The van der Waals surface area contributed by atoms with E-state index in [2.05, 4.69) is 11.8 Å². The van der Waals surface area contributed by atoms with Crippen molar-refractivity contribution in [1.29, 1.82) is 0 Å². The monoisotopic (exact) mass is 217 g/mol. The van der Waals surface area contributed by atoms with Crippen molar-refractivity contribution in [1.82, 2.24) is 4.90 Å². The fourth-order valence-corrected chi connectivity index (χ4v) is 2.84. The van der Waals surface area contributed by atoms with Crippen molar-refractivity contribution in [2.24, 2.45) is 11.8 Å². The molecule has 0 amide bonds. The van der Waals surface area contributed by atoms with E-state index in [1.807, 2.05) is 6.26 Å². The van der Waals surface area contributed by atoms with E-state index in [9.17, 15) is 4.79 Å². The second kappa shape index (κ2) is 5.61. The van der Waals surface area contributed by atoms with Gasteiger partial charge in [-0.1, -0.05) is 6.92 Å². The van der Waals surface area contributed by atoms with Crippen LogP contribution in [-0.4, -0.2) is 47.6 Å². The van der Waals surface area contributed by atoms with Crippen LogP contribution >= 0.6 is 11.8 Å². The van der Waals surface area contributed by atoms with Crippen molar-refractivity contribution in [3.63, 3.8) is 0 Å². The highest BCUT2D eigenvalue weighted by Crippen LogP contribution is 2.26. The van der Waals surface area contributed by atoms with Gasteiger partial charge in [-0.3, -0.25) is 4.79 Å². The molecule has 14 heavy (non-hydrogen) atoms. The second-order valence-electron chi connectivity index (χ2n) is 3.84. The van der Waals surface area contributed by atoms with Gasteiger partial charge in [-0.25, -0.2) is 0 Å². The molecular weight excluding hydrogens is 198 g/mol. The molecule has 0 bridgehead atoms. The van der Waals surface area contributed by atoms with E-state index in [1.54, 1.807) is 11.8 Å². The molecule has 2 atom stereocenters. The Balaban J connectivity index is 2.48. The van der Waals surface area contributed by atoms with Crippen LogP contribution in [0, 0.1) is 11.8 Å². The Hall–Kier alpha value is -0.220. The van der Waals surface area contributed by atoms with Crippen LogP contribution in [0.4, 0.5) is 0 Å². The van der Waals surface area contributed by atoms with Gasteiger partial charge in [0.25, 0.3) is 0 Å². The average molecular weight is 217 g/mol. The Kier molecular flexibility index (Phi) is 4.75. The summed E-state index contributed by atoms with van der Waals surface area (Å²) in [5, 5.41) is 9.09. The third-order valence-corrected chi connectivity index (χ3v) is 3.68. The summed E-state index contributed by atoms with van der Waals surface area (Å²) in [5.41, 5.74) is 0. The summed E-state index contributed by atoms with van der Waals surface area (Å²) in [6, 6.07) is 0. The molecule has 82 valence electrons. The van der Waals surface area contributed by atoms with Gasteiger partial charge in [0.15, 0.2) is 0 Å². The summed E-state index contributed by atoms with van der Waals surface area (Å²) in [6.45, 7) is 5.21. The SMILES string of the molecule is CCN1CCC(C(CSC)C(=O)O)C1. The van der Waals surface area contributed by atoms with Gasteiger partial charge in [0, 0.05) is 12.3 Å². The lowest BCUT2D eigenvalue weighted by Crippen LogP contribution is -2.29. The molecule has 0 aromatic rings. The number of likely N-dealkylation sites (tertiary alicyclic amines) is 1. The molecular formula is C10H19NO2S. The highest BCUT2D eigenvalue weighted by Gasteiger charge is 2.32. The summed E-state index contributed by atoms with van der Waals surface area (Å²) in [6.07, 6.45) is 3.02. The third kappa shape index (κ3) is 2.89. The largest absolute Gasteiger partial charge is 0.481 e. The molecule has 0 spiro atoms. The normalized spacial score (nSPS) is 25.1. The van der Waals surface area contributed by atoms with Gasteiger partial charge in [0.2, 0.25) is 0 Å². The average Bonchev–Trinajstić information content (AvgIpc) is 2.61. The molecule has 0 radical (unpaired) electrons. The quantitative estimate of drug-likeness (QED) is 0.755. The summed E-state index contributed by atoms with van der Waals surface area (Å²) < 4.78 is 0. The first-order chi connectivity index (χ1) is 6.69. The first-order valence-electron chi connectivity index (χ1n) is 5.13. The minimum absolute atomic E-state index is 0.151. The predicted molar refractivity (Wildman–Crippen MR) is 59.7 cm³/mol. The van der Waals surface area contributed by atoms with Crippen LogP contribution in [0.15, 0.2) is 0 Å². The molecule has 4 heteroatoms. The van der Waals surface area contributed by atoms with E-state index in [-0.39, 0.29) is 5.92 Å². The van der Waals surface area contributed by atoms with Crippen LogP contribution in [0.2, 0.25) is 0 Å². The summed E-state index contributed by atoms with van der Waals surface area (Å²) in [7, 11) is 0. The summed E-state index contributed by atoms with van der Waals surface area (Å²) in [5.74, 6) is 0.334. The number of aliphatic carboxylic acids is 1. The molecule has 0 aliphatic carbocycles. The summed E-state index contributed by atoms with van der Waals surface area (Å²) in [4.78, 5) is 13.4. The fraction of sp³-hybridized carbons (Fsp3) is 0.900. The van der Waals surface area contributed by atoms with Crippen molar-refractivity contribution in [3.8, 4) is 0 Å². The first-order valence-corrected chi connectivity index (χ1v) is 6.52. The van der Waals surface area contributed by atoms with Crippen molar-refractivity contribution < 1.29 is 9.90 Å². The van der Waals surface area contributed by atoms with E-state index in [1.165, 1.54) is 0 Å².